The Morgan fingerprint density at radius 3 is 2.62 bits per heavy atom. The first-order chi connectivity index (χ1) is 7.86. The summed E-state index contributed by atoms with van der Waals surface area (Å²) in [5.74, 6) is 0. The monoisotopic (exact) mass is 208 g/mol. The Labute approximate surface area is 90.5 Å². The highest BCUT2D eigenvalue weighted by Crippen LogP contribution is 2.22. The van der Waals surface area contributed by atoms with Gasteiger partial charge in [0.25, 0.3) is 0 Å². The third-order valence-electron chi connectivity index (χ3n) is 3.12. The summed E-state index contributed by atoms with van der Waals surface area (Å²) in [6, 6.07) is 13.9. The Kier molecular flexibility index (Phi) is 1.21. The highest BCUT2D eigenvalue weighted by Gasteiger charge is 2.12. The van der Waals surface area contributed by atoms with Crippen LogP contribution in [0.5, 0.6) is 0 Å². The molecule has 0 aliphatic rings. The van der Waals surface area contributed by atoms with Crippen molar-refractivity contribution in [1.29, 1.82) is 0 Å². The van der Waals surface area contributed by atoms with Crippen molar-refractivity contribution >= 4 is 21.9 Å². The van der Waals surface area contributed by atoms with E-state index in [1.807, 2.05) is 36.4 Å². The molecule has 3 nitrogen and oxygen atoms in total. The fraction of sp³-hybridized carbons (Fsp3) is 0. The number of nitrogens with zero attached hydrogens (tertiary/aromatic N) is 2. The lowest BCUT2D eigenvalue weighted by Gasteiger charge is -1.88. The Morgan fingerprint density at radius 1 is 0.875 bits per heavy atom. The van der Waals surface area contributed by atoms with Gasteiger partial charge in [-0.2, -0.15) is 0 Å². The first-order valence-corrected chi connectivity index (χ1v) is 5.19. The van der Waals surface area contributed by atoms with Gasteiger partial charge in [-0.3, -0.25) is 8.80 Å². The molecule has 0 amide bonds. The van der Waals surface area contributed by atoms with Crippen molar-refractivity contribution < 1.29 is 0 Å². The van der Waals surface area contributed by atoms with E-state index >= 15 is 0 Å². The maximum absolute atomic E-state index is 12.2. The zero-order chi connectivity index (χ0) is 10.7. The van der Waals surface area contributed by atoms with Gasteiger partial charge in [0, 0.05) is 11.6 Å². The summed E-state index contributed by atoms with van der Waals surface area (Å²) in [7, 11) is 0. The van der Waals surface area contributed by atoms with E-state index in [1.54, 1.807) is 15.0 Å². The first kappa shape index (κ1) is 7.93. The second kappa shape index (κ2) is 2.44. The molecule has 0 bridgehead atoms. The lowest BCUT2D eigenvalue weighted by molar-refractivity contribution is 1.03. The van der Waals surface area contributed by atoms with Crippen molar-refractivity contribution in [2.24, 2.45) is 0 Å². The maximum atomic E-state index is 12.2. The number of rotatable bonds is 0. The van der Waals surface area contributed by atoms with Gasteiger partial charge in [-0.15, -0.1) is 0 Å². The second-order valence-corrected chi connectivity index (χ2v) is 3.97. The SMILES string of the molecule is O=c1n2cccc2c2cc3ccccc3n12. The second-order valence-electron chi connectivity index (χ2n) is 3.97. The molecule has 0 unspecified atom stereocenters. The average Bonchev–Trinajstić information content (AvgIpc) is 2.95. The van der Waals surface area contributed by atoms with E-state index in [0.717, 1.165) is 21.9 Å². The molecule has 0 radical (unpaired) electrons. The number of hydrogen-bond acceptors (Lipinski definition) is 1. The lowest BCUT2D eigenvalue weighted by Crippen LogP contribution is -2.12. The fourth-order valence-corrected chi connectivity index (χ4v) is 2.41. The van der Waals surface area contributed by atoms with Crippen LogP contribution >= 0.6 is 0 Å². The van der Waals surface area contributed by atoms with Gasteiger partial charge in [0.05, 0.1) is 16.6 Å². The predicted octanol–water partition coefficient (Wildman–Crippen LogP) is 2.14. The van der Waals surface area contributed by atoms with Crippen LogP contribution in [0.3, 0.4) is 0 Å². The summed E-state index contributed by atoms with van der Waals surface area (Å²) in [6.45, 7) is 0. The summed E-state index contributed by atoms with van der Waals surface area (Å²) in [4.78, 5) is 12.2. The number of imidazole rings is 1. The summed E-state index contributed by atoms with van der Waals surface area (Å²) < 4.78 is 3.45. The number of hydrogen-bond donors (Lipinski definition) is 0. The summed E-state index contributed by atoms with van der Waals surface area (Å²) in [5, 5.41) is 1.11. The molecule has 4 rings (SSSR count). The van der Waals surface area contributed by atoms with Crippen LogP contribution in [0.25, 0.3) is 21.9 Å². The van der Waals surface area contributed by atoms with E-state index < -0.39 is 0 Å². The lowest BCUT2D eigenvalue weighted by atomic mass is 10.2. The molecule has 3 heterocycles. The smallest absolute Gasteiger partial charge is 0.267 e. The Hall–Kier alpha value is -2.29. The van der Waals surface area contributed by atoms with E-state index in [9.17, 15) is 4.79 Å². The van der Waals surface area contributed by atoms with Crippen LogP contribution in [0.15, 0.2) is 53.5 Å². The minimum absolute atomic E-state index is 0.0104. The van der Waals surface area contributed by atoms with Gasteiger partial charge >= 0.3 is 5.69 Å². The van der Waals surface area contributed by atoms with Crippen molar-refractivity contribution in [1.82, 2.24) is 8.80 Å². The summed E-state index contributed by atoms with van der Waals surface area (Å²) in [5.41, 5.74) is 2.94. The average molecular weight is 208 g/mol. The normalized spacial score (nSPS) is 12.0. The quantitative estimate of drug-likeness (QED) is 0.434. The zero-order valence-electron chi connectivity index (χ0n) is 8.42. The molecule has 0 saturated carbocycles. The molecule has 1 aromatic carbocycles. The predicted molar refractivity (Wildman–Crippen MR) is 63.3 cm³/mol. The molecule has 0 saturated heterocycles. The van der Waals surface area contributed by atoms with Crippen LogP contribution in [0.2, 0.25) is 0 Å². The number of benzene rings is 1. The first-order valence-electron chi connectivity index (χ1n) is 5.19. The van der Waals surface area contributed by atoms with Gasteiger partial charge in [-0.25, -0.2) is 4.79 Å². The minimum Gasteiger partial charge on any atom is -0.267 e. The van der Waals surface area contributed by atoms with E-state index in [2.05, 4.69) is 6.07 Å². The standard InChI is InChI=1S/C13H8N2O/c16-13-14-7-3-6-11(14)12-8-9-4-1-2-5-10(9)15(12)13/h1-8H. The van der Waals surface area contributed by atoms with Crippen LogP contribution in [-0.4, -0.2) is 8.80 Å². The molecule has 0 atom stereocenters. The van der Waals surface area contributed by atoms with Crippen LogP contribution in [-0.2, 0) is 0 Å². The molecular formula is C13H8N2O. The van der Waals surface area contributed by atoms with Crippen molar-refractivity contribution in [2.45, 2.75) is 0 Å². The van der Waals surface area contributed by atoms with E-state index in [1.165, 1.54) is 0 Å². The van der Waals surface area contributed by atoms with Crippen molar-refractivity contribution in [2.75, 3.05) is 0 Å². The van der Waals surface area contributed by atoms with Gasteiger partial charge < -0.3 is 0 Å². The number of para-hydroxylation sites is 1. The van der Waals surface area contributed by atoms with Gasteiger partial charge in [0.2, 0.25) is 0 Å². The third-order valence-corrected chi connectivity index (χ3v) is 3.12. The Bertz CT molecular complexity index is 870. The molecule has 0 N–H and O–H groups in total. The molecule has 0 spiro atoms. The Balaban J connectivity index is 2.48. The van der Waals surface area contributed by atoms with E-state index in [0.29, 0.717) is 0 Å². The van der Waals surface area contributed by atoms with Crippen LogP contribution in [0.1, 0.15) is 0 Å². The van der Waals surface area contributed by atoms with Crippen molar-refractivity contribution in [3.05, 3.63) is 59.1 Å². The summed E-state index contributed by atoms with van der Waals surface area (Å²) in [6.07, 6.45) is 1.80. The van der Waals surface area contributed by atoms with Crippen LogP contribution in [0.4, 0.5) is 0 Å². The summed E-state index contributed by atoms with van der Waals surface area (Å²) >= 11 is 0. The maximum Gasteiger partial charge on any atom is 0.337 e. The van der Waals surface area contributed by atoms with Gasteiger partial charge in [0.1, 0.15) is 0 Å². The van der Waals surface area contributed by atoms with E-state index in [4.69, 9.17) is 0 Å². The molecule has 16 heavy (non-hydrogen) atoms. The Morgan fingerprint density at radius 2 is 1.69 bits per heavy atom. The molecule has 0 aliphatic carbocycles. The number of fused-ring (bicyclic) bond motifs is 5. The van der Waals surface area contributed by atoms with Gasteiger partial charge in [0.15, 0.2) is 0 Å². The zero-order valence-corrected chi connectivity index (χ0v) is 8.42. The third kappa shape index (κ3) is 0.736. The molecular weight excluding hydrogens is 200 g/mol. The largest absolute Gasteiger partial charge is 0.337 e. The number of aromatic nitrogens is 2. The molecule has 0 fully saturated rings. The molecule has 4 aromatic rings. The van der Waals surface area contributed by atoms with Crippen molar-refractivity contribution in [3.63, 3.8) is 0 Å². The van der Waals surface area contributed by atoms with Gasteiger partial charge in [-0.1, -0.05) is 18.2 Å². The fourth-order valence-electron chi connectivity index (χ4n) is 2.41. The highest BCUT2D eigenvalue weighted by atomic mass is 16.1. The molecule has 3 aromatic heterocycles. The molecule has 0 aliphatic heterocycles. The molecule has 3 heteroatoms. The van der Waals surface area contributed by atoms with E-state index in [-0.39, 0.29) is 5.69 Å². The minimum atomic E-state index is 0.0104. The van der Waals surface area contributed by atoms with Crippen LogP contribution < -0.4 is 5.69 Å². The topological polar surface area (TPSA) is 25.9 Å². The molecule has 76 valence electrons. The van der Waals surface area contributed by atoms with Gasteiger partial charge in [-0.05, 0) is 24.3 Å². The van der Waals surface area contributed by atoms with Crippen LogP contribution in [0, 0.1) is 0 Å². The highest BCUT2D eigenvalue weighted by molar-refractivity contribution is 5.93. The van der Waals surface area contributed by atoms with Crippen molar-refractivity contribution in [3.8, 4) is 0 Å².